The van der Waals surface area contributed by atoms with Gasteiger partial charge in [-0.15, -0.1) is 0 Å². The smallest absolute Gasteiger partial charge is 0.183 e. The van der Waals surface area contributed by atoms with Gasteiger partial charge in [-0.25, -0.2) is 15.0 Å². The zero-order chi connectivity index (χ0) is 15.1. The lowest BCUT2D eigenvalue weighted by Gasteiger charge is -2.19. The van der Waals surface area contributed by atoms with Crippen molar-refractivity contribution in [3.05, 3.63) is 12.7 Å². The van der Waals surface area contributed by atoms with E-state index < -0.39 is 37.3 Å². The summed E-state index contributed by atoms with van der Waals surface area (Å²) < 4.78 is 6.84. The van der Waals surface area contributed by atoms with Gasteiger partial charge in [0.2, 0.25) is 0 Å². The number of aliphatic hydroxyl groups excluding tert-OH is 4. The molecule has 114 valence electrons. The van der Waals surface area contributed by atoms with Crippen LogP contribution in [0.15, 0.2) is 12.7 Å². The SMILES string of the molecule is Nc1ncnc2ncn(C3OC(C(O)CO)C(O)C3O)c12. The number of imidazole rings is 1. The summed E-state index contributed by atoms with van der Waals surface area (Å²) in [5.41, 5.74) is 6.44. The minimum atomic E-state index is -1.36. The average molecular weight is 297 g/mol. The van der Waals surface area contributed by atoms with E-state index in [9.17, 15) is 15.3 Å². The van der Waals surface area contributed by atoms with Gasteiger partial charge in [0.15, 0.2) is 17.7 Å². The Morgan fingerprint density at radius 2 is 2.05 bits per heavy atom. The predicted molar refractivity (Wildman–Crippen MR) is 68.8 cm³/mol. The Balaban J connectivity index is 2.00. The van der Waals surface area contributed by atoms with E-state index in [-0.39, 0.29) is 5.82 Å². The van der Waals surface area contributed by atoms with Crippen molar-refractivity contribution >= 4 is 17.0 Å². The monoisotopic (exact) mass is 297 g/mol. The molecule has 1 fully saturated rings. The molecule has 1 saturated heterocycles. The van der Waals surface area contributed by atoms with Gasteiger partial charge in [-0.3, -0.25) is 4.57 Å². The average Bonchev–Trinajstić information content (AvgIpc) is 3.02. The highest BCUT2D eigenvalue weighted by Crippen LogP contribution is 2.33. The Morgan fingerprint density at radius 1 is 1.29 bits per heavy atom. The van der Waals surface area contributed by atoms with Crippen LogP contribution in [-0.2, 0) is 4.74 Å². The summed E-state index contributed by atoms with van der Waals surface area (Å²) >= 11 is 0. The molecule has 21 heavy (non-hydrogen) atoms. The van der Waals surface area contributed by atoms with Crippen molar-refractivity contribution in [1.29, 1.82) is 0 Å². The van der Waals surface area contributed by atoms with Gasteiger partial charge in [0.25, 0.3) is 0 Å². The maximum atomic E-state index is 10.1. The fourth-order valence-corrected chi connectivity index (χ4v) is 2.43. The second-order valence-corrected chi connectivity index (χ2v) is 4.81. The Hall–Kier alpha value is -1.85. The van der Waals surface area contributed by atoms with Crippen molar-refractivity contribution < 1.29 is 25.2 Å². The molecule has 10 heteroatoms. The molecule has 3 rings (SSSR count). The van der Waals surface area contributed by atoms with Crippen LogP contribution in [0.2, 0.25) is 0 Å². The van der Waals surface area contributed by atoms with E-state index in [1.54, 1.807) is 0 Å². The molecule has 1 aliphatic heterocycles. The van der Waals surface area contributed by atoms with Gasteiger partial charge in [0.05, 0.1) is 6.61 Å². The van der Waals surface area contributed by atoms with Crippen molar-refractivity contribution in [3.63, 3.8) is 0 Å². The Kier molecular flexibility index (Phi) is 3.47. The van der Waals surface area contributed by atoms with Crippen LogP contribution in [0.4, 0.5) is 5.82 Å². The number of aromatic nitrogens is 4. The van der Waals surface area contributed by atoms with Crippen LogP contribution < -0.4 is 5.73 Å². The maximum Gasteiger partial charge on any atom is 0.183 e. The Bertz CT molecular complexity index is 649. The van der Waals surface area contributed by atoms with Crippen molar-refractivity contribution in [2.24, 2.45) is 0 Å². The molecule has 0 aromatic carbocycles. The molecule has 3 heterocycles. The van der Waals surface area contributed by atoms with Crippen molar-refractivity contribution in [2.75, 3.05) is 12.3 Å². The highest BCUT2D eigenvalue weighted by atomic mass is 16.6. The van der Waals surface area contributed by atoms with Crippen LogP contribution >= 0.6 is 0 Å². The number of nitrogens with zero attached hydrogens (tertiary/aromatic N) is 4. The van der Waals surface area contributed by atoms with Crippen molar-refractivity contribution in [3.8, 4) is 0 Å². The lowest BCUT2D eigenvalue weighted by molar-refractivity contribution is -0.0961. The molecule has 0 amide bonds. The van der Waals surface area contributed by atoms with Crippen molar-refractivity contribution in [1.82, 2.24) is 19.5 Å². The molecule has 0 saturated carbocycles. The quantitative estimate of drug-likeness (QED) is 0.408. The third-order valence-corrected chi connectivity index (χ3v) is 3.51. The third kappa shape index (κ3) is 2.13. The van der Waals surface area contributed by atoms with E-state index >= 15 is 0 Å². The fraction of sp³-hybridized carbons (Fsp3) is 0.545. The largest absolute Gasteiger partial charge is 0.394 e. The van der Waals surface area contributed by atoms with Crippen LogP contribution in [0.3, 0.4) is 0 Å². The number of hydrogen-bond donors (Lipinski definition) is 5. The molecule has 0 aliphatic carbocycles. The second-order valence-electron chi connectivity index (χ2n) is 4.81. The van der Waals surface area contributed by atoms with Crippen LogP contribution in [0.5, 0.6) is 0 Å². The molecule has 6 N–H and O–H groups in total. The van der Waals surface area contributed by atoms with E-state index in [4.69, 9.17) is 15.6 Å². The maximum absolute atomic E-state index is 10.1. The molecule has 0 spiro atoms. The highest BCUT2D eigenvalue weighted by molar-refractivity contribution is 5.81. The van der Waals surface area contributed by atoms with E-state index in [2.05, 4.69) is 15.0 Å². The first-order chi connectivity index (χ1) is 10.0. The zero-order valence-corrected chi connectivity index (χ0v) is 10.8. The summed E-state index contributed by atoms with van der Waals surface area (Å²) in [6.45, 7) is -0.600. The number of hydrogen-bond acceptors (Lipinski definition) is 9. The Morgan fingerprint density at radius 3 is 2.76 bits per heavy atom. The first-order valence-electron chi connectivity index (χ1n) is 6.28. The topological polar surface area (TPSA) is 160 Å². The molecular weight excluding hydrogens is 282 g/mol. The summed E-state index contributed by atoms with van der Waals surface area (Å²) in [5.74, 6) is 0.147. The van der Waals surface area contributed by atoms with Crippen LogP contribution in [0, 0.1) is 0 Å². The summed E-state index contributed by atoms with van der Waals surface area (Å²) in [7, 11) is 0. The van der Waals surface area contributed by atoms with E-state index in [1.807, 2.05) is 0 Å². The normalized spacial score (nSPS) is 30.9. The standard InChI is InChI=1S/C11H15N5O5/c12-9-5-10(14-2-13-9)15-3-16(5)11-7(20)6(19)8(21-11)4(18)1-17/h2-4,6-8,11,17-20H,1H2,(H2,12,13,14). The molecule has 0 bridgehead atoms. The number of anilines is 1. The molecule has 1 aliphatic rings. The number of nitrogen functional groups attached to an aromatic ring is 1. The minimum Gasteiger partial charge on any atom is -0.394 e. The summed E-state index contributed by atoms with van der Waals surface area (Å²) in [4.78, 5) is 11.8. The van der Waals surface area contributed by atoms with Crippen LogP contribution in [0.25, 0.3) is 11.2 Å². The van der Waals surface area contributed by atoms with Gasteiger partial charge in [0.1, 0.15) is 42.6 Å². The lowest BCUT2D eigenvalue weighted by Crippen LogP contribution is -2.40. The van der Waals surface area contributed by atoms with E-state index in [0.717, 1.165) is 0 Å². The molecule has 10 nitrogen and oxygen atoms in total. The summed E-state index contributed by atoms with van der Waals surface area (Å²) in [6, 6.07) is 0. The molecule has 0 radical (unpaired) electrons. The number of nitrogens with two attached hydrogens (primary N) is 1. The van der Waals surface area contributed by atoms with Crippen LogP contribution in [0.1, 0.15) is 6.23 Å². The first kappa shape index (κ1) is 14.1. The number of ether oxygens (including phenoxy) is 1. The van der Waals surface area contributed by atoms with E-state index in [1.165, 1.54) is 17.2 Å². The predicted octanol–water partition coefficient (Wildman–Crippen LogP) is -2.62. The molecular formula is C11H15N5O5. The van der Waals surface area contributed by atoms with Crippen molar-refractivity contribution in [2.45, 2.75) is 30.6 Å². The summed E-state index contributed by atoms with van der Waals surface area (Å²) in [5, 5.41) is 38.6. The van der Waals surface area contributed by atoms with Gasteiger partial charge in [-0.2, -0.15) is 0 Å². The van der Waals surface area contributed by atoms with Gasteiger partial charge >= 0.3 is 0 Å². The highest BCUT2D eigenvalue weighted by Gasteiger charge is 2.47. The molecule has 2 aromatic rings. The molecule has 5 atom stereocenters. The van der Waals surface area contributed by atoms with Gasteiger partial charge < -0.3 is 30.9 Å². The number of fused-ring (bicyclic) bond motifs is 1. The molecule has 5 unspecified atom stereocenters. The fourth-order valence-electron chi connectivity index (χ4n) is 2.43. The second kappa shape index (κ2) is 5.16. The number of aliphatic hydroxyl groups is 4. The number of rotatable bonds is 3. The van der Waals surface area contributed by atoms with Gasteiger partial charge in [0, 0.05) is 0 Å². The lowest BCUT2D eigenvalue weighted by atomic mass is 10.1. The van der Waals surface area contributed by atoms with E-state index in [0.29, 0.717) is 11.2 Å². The van der Waals surface area contributed by atoms with Gasteiger partial charge in [-0.05, 0) is 0 Å². The summed E-state index contributed by atoms with van der Waals surface area (Å²) in [6.07, 6.45) is -3.54. The van der Waals surface area contributed by atoms with Crippen LogP contribution in [-0.4, -0.2) is 71.0 Å². The first-order valence-corrected chi connectivity index (χ1v) is 6.28. The third-order valence-electron chi connectivity index (χ3n) is 3.51. The zero-order valence-electron chi connectivity index (χ0n) is 10.8. The minimum absolute atomic E-state index is 0.147. The Labute approximate surface area is 118 Å². The van der Waals surface area contributed by atoms with Gasteiger partial charge in [-0.1, -0.05) is 0 Å². The molecule has 2 aromatic heterocycles.